The number of hydrogen-bond donors (Lipinski definition) is 0. The summed E-state index contributed by atoms with van der Waals surface area (Å²) in [5.41, 5.74) is 0. The molecular formula is C9H17N. The SMILES string of the molecule is CN1CCC[C@H]2CCC[C@H]21. The molecule has 0 amide bonds. The van der Waals surface area contributed by atoms with E-state index in [1.807, 2.05) is 0 Å². The van der Waals surface area contributed by atoms with Crippen LogP contribution in [0.4, 0.5) is 0 Å². The molecule has 2 fully saturated rings. The Morgan fingerprint density at radius 1 is 1.10 bits per heavy atom. The lowest BCUT2D eigenvalue weighted by molar-refractivity contribution is 0.144. The molecule has 10 heavy (non-hydrogen) atoms. The molecule has 0 aromatic heterocycles. The summed E-state index contributed by atoms with van der Waals surface area (Å²) in [6, 6.07) is 0.966. The molecule has 1 saturated heterocycles. The van der Waals surface area contributed by atoms with E-state index in [9.17, 15) is 0 Å². The lowest BCUT2D eigenvalue weighted by Crippen LogP contribution is -2.39. The van der Waals surface area contributed by atoms with E-state index in [0.717, 1.165) is 12.0 Å². The summed E-state index contributed by atoms with van der Waals surface area (Å²) < 4.78 is 0. The summed E-state index contributed by atoms with van der Waals surface area (Å²) in [7, 11) is 2.29. The van der Waals surface area contributed by atoms with Gasteiger partial charge in [0.05, 0.1) is 0 Å². The van der Waals surface area contributed by atoms with Crippen molar-refractivity contribution in [3.63, 3.8) is 0 Å². The van der Waals surface area contributed by atoms with Crippen molar-refractivity contribution in [2.75, 3.05) is 13.6 Å². The second-order valence-electron chi connectivity index (χ2n) is 3.88. The number of fused-ring (bicyclic) bond motifs is 1. The second kappa shape index (κ2) is 2.54. The topological polar surface area (TPSA) is 3.24 Å². The highest BCUT2D eigenvalue weighted by molar-refractivity contribution is 4.87. The molecule has 0 N–H and O–H groups in total. The normalized spacial score (nSPS) is 41.7. The zero-order valence-corrected chi connectivity index (χ0v) is 6.84. The summed E-state index contributed by atoms with van der Waals surface area (Å²) in [5, 5.41) is 0. The molecule has 1 nitrogen and oxygen atoms in total. The molecule has 2 atom stereocenters. The van der Waals surface area contributed by atoms with Gasteiger partial charge in [0.1, 0.15) is 0 Å². The Balaban J connectivity index is 2.03. The third-order valence-corrected chi connectivity index (χ3v) is 3.27. The Labute approximate surface area is 63.4 Å². The molecule has 1 aliphatic heterocycles. The maximum atomic E-state index is 2.57. The van der Waals surface area contributed by atoms with E-state index in [1.54, 1.807) is 0 Å². The van der Waals surface area contributed by atoms with E-state index in [0.29, 0.717) is 0 Å². The van der Waals surface area contributed by atoms with Crippen LogP contribution in [0.3, 0.4) is 0 Å². The molecule has 0 aromatic rings. The van der Waals surface area contributed by atoms with Crippen LogP contribution >= 0.6 is 0 Å². The average Bonchev–Trinajstić information content (AvgIpc) is 2.36. The van der Waals surface area contributed by atoms with E-state index in [1.165, 1.54) is 38.6 Å². The zero-order valence-electron chi connectivity index (χ0n) is 6.84. The quantitative estimate of drug-likeness (QED) is 0.495. The summed E-state index contributed by atoms with van der Waals surface area (Å²) in [4.78, 5) is 2.57. The standard InChI is InChI=1S/C9H17N/c1-10-7-3-5-8-4-2-6-9(8)10/h8-9H,2-7H2,1H3/t8-,9-/m1/s1. The highest BCUT2D eigenvalue weighted by atomic mass is 15.1. The Hall–Kier alpha value is -0.0400. The van der Waals surface area contributed by atoms with Gasteiger partial charge < -0.3 is 4.90 Å². The van der Waals surface area contributed by atoms with Crippen LogP contribution in [-0.4, -0.2) is 24.5 Å². The predicted molar refractivity (Wildman–Crippen MR) is 43.0 cm³/mol. The second-order valence-corrected chi connectivity index (χ2v) is 3.88. The van der Waals surface area contributed by atoms with E-state index >= 15 is 0 Å². The van der Waals surface area contributed by atoms with E-state index < -0.39 is 0 Å². The van der Waals surface area contributed by atoms with Crippen LogP contribution in [0.5, 0.6) is 0 Å². The summed E-state index contributed by atoms with van der Waals surface area (Å²) >= 11 is 0. The smallest absolute Gasteiger partial charge is 0.0120 e. The van der Waals surface area contributed by atoms with Crippen molar-refractivity contribution >= 4 is 0 Å². The van der Waals surface area contributed by atoms with Crippen LogP contribution in [0.25, 0.3) is 0 Å². The van der Waals surface area contributed by atoms with Gasteiger partial charge in [-0.2, -0.15) is 0 Å². The van der Waals surface area contributed by atoms with Gasteiger partial charge in [0.25, 0.3) is 0 Å². The van der Waals surface area contributed by atoms with Gasteiger partial charge in [-0.05, 0) is 45.2 Å². The molecule has 1 aliphatic carbocycles. The average molecular weight is 139 g/mol. The maximum absolute atomic E-state index is 2.57. The Kier molecular flexibility index (Phi) is 1.69. The minimum Gasteiger partial charge on any atom is -0.303 e. The Morgan fingerprint density at radius 3 is 2.70 bits per heavy atom. The maximum Gasteiger partial charge on any atom is 0.0120 e. The van der Waals surface area contributed by atoms with Crippen LogP contribution in [0, 0.1) is 5.92 Å². The lowest BCUT2D eigenvalue weighted by Gasteiger charge is -2.34. The Bertz CT molecular complexity index is 122. The third kappa shape index (κ3) is 0.968. The number of piperidine rings is 1. The first kappa shape index (κ1) is 6.66. The first-order valence-corrected chi connectivity index (χ1v) is 4.58. The minimum atomic E-state index is 0.966. The van der Waals surface area contributed by atoms with Crippen LogP contribution in [-0.2, 0) is 0 Å². The van der Waals surface area contributed by atoms with Crippen molar-refractivity contribution in [2.24, 2.45) is 5.92 Å². The molecule has 0 bridgehead atoms. The van der Waals surface area contributed by atoms with Crippen LogP contribution < -0.4 is 0 Å². The fraction of sp³-hybridized carbons (Fsp3) is 1.00. The van der Waals surface area contributed by atoms with Gasteiger partial charge in [0.15, 0.2) is 0 Å². The lowest BCUT2D eigenvalue weighted by atomic mass is 9.93. The number of rotatable bonds is 0. The predicted octanol–water partition coefficient (Wildman–Crippen LogP) is 1.88. The molecule has 1 saturated carbocycles. The Morgan fingerprint density at radius 2 is 1.90 bits per heavy atom. The molecule has 0 radical (unpaired) electrons. The van der Waals surface area contributed by atoms with Gasteiger partial charge in [-0.15, -0.1) is 0 Å². The van der Waals surface area contributed by atoms with Gasteiger partial charge in [-0.3, -0.25) is 0 Å². The summed E-state index contributed by atoms with van der Waals surface area (Å²) in [6.45, 7) is 1.35. The number of likely N-dealkylation sites (tertiary alicyclic amines) is 1. The van der Waals surface area contributed by atoms with Crippen LogP contribution in [0.15, 0.2) is 0 Å². The molecule has 1 heteroatoms. The molecule has 0 unspecified atom stereocenters. The van der Waals surface area contributed by atoms with Gasteiger partial charge in [0, 0.05) is 6.04 Å². The fourth-order valence-electron chi connectivity index (χ4n) is 2.70. The molecule has 58 valence electrons. The molecule has 0 aromatic carbocycles. The van der Waals surface area contributed by atoms with E-state index in [4.69, 9.17) is 0 Å². The van der Waals surface area contributed by atoms with Crippen molar-refractivity contribution < 1.29 is 0 Å². The van der Waals surface area contributed by atoms with Crippen molar-refractivity contribution in [3.8, 4) is 0 Å². The summed E-state index contributed by atoms with van der Waals surface area (Å²) in [6.07, 6.45) is 7.42. The van der Waals surface area contributed by atoms with Crippen molar-refractivity contribution in [1.82, 2.24) is 4.90 Å². The zero-order chi connectivity index (χ0) is 6.97. The van der Waals surface area contributed by atoms with Crippen molar-refractivity contribution in [2.45, 2.75) is 38.1 Å². The first-order chi connectivity index (χ1) is 4.88. The van der Waals surface area contributed by atoms with Gasteiger partial charge in [-0.1, -0.05) is 6.42 Å². The molecule has 1 heterocycles. The van der Waals surface area contributed by atoms with E-state index in [2.05, 4.69) is 11.9 Å². The highest BCUT2D eigenvalue weighted by Crippen LogP contribution is 2.35. The largest absolute Gasteiger partial charge is 0.303 e. The molecule has 2 rings (SSSR count). The van der Waals surface area contributed by atoms with Crippen molar-refractivity contribution in [1.29, 1.82) is 0 Å². The minimum absolute atomic E-state index is 0.966. The summed E-state index contributed by atoms with van der Waals surface area (Å²) in [5.74, 6) is 1.07. The van der Waals surface area contributed by atoms with E-state index in [-0.39, 0.29) is 0 Å². The number of hydrogen-bond acceptors (Lipinski definition) is 1. The third-order valence-electron chi connectivity index (χ3n) is 3.27. The molecule has 2 aliphatic rings. The monoisotopic (exact) mass is 139 g/mol. The highest BCUT2D eigenvalue weighted by Gasteiger charge is 2.32. The van der Waals surface area contributed by atoms with Gasteiger partial charge in [0.2, 0.25) is 0 Å². The molecular weight excluding hydrogens is 122 g/mol. The molecule has 0 spiro atoms. The first-order valence-electron chi connectivity index (χ1n) is 4.58. The van der Waals surface area contributed by atoms with Crippen LogP contribution in [0.1, 0.15) is 32.1 Å². The number of nitrogens with zero attached hydrogens (tertiary/aromatic N) is 1. The fourth-order valence-corrected chi connectivity index (χ4v) is 2.70. The van der Waals surface area contributed by atoms with Crippen LogP contribution in [0.2, 0.25) is 0 Å². The van der Waals surface area contributed by atoms with Gasteiger partial charge >= 0.3 is 0 Å². The van der Waals surface area contributed by atoms with Crippen molar-refractivity contribution in [3.05, 3.63) is 0 Å². The van der Waals surface area contributed by atoms with Gasteiger partial charge in [-0.25, -0.2) is 0 Å².